The van der Waals surface area contributed by atoms with Crippen LogP contribution in [0.2, 0.25) is 0 Å². The quantitative estimate of drug-likeness (QED) is 0.537. The molecule has 8 heteroatoms. The third-order valence-electron chi connectivity index (χ3n) is 4.40. The number of pyridine rings is 1. The van der Waals surface area contributed by atoms with E-state index in [0.717, 1.165) is 16.8 Å². The van der Waals surface area contributed by atoms with Crippen LogP contribution in [0.5, 0.6) is 0 Å². The zero-order valence-electron chi connectivity index (χ0n) is 15.9. The number of amides is 1. The summed E-state index contributed by atoms with van der Waals surface area (Å²) in [6.45, 7) is 1.72. The second kappa shape index (κ2) is 8.00. The maximum absolute atomic E-state index is 13.8. The number of carbonyl (C=O) groups excluding carboxylic acids is 1. The van der Waals surface area contributed by atoms with Crippen molar-refractivity contribution in [3.8, 4) is 22.5 Å². The lowest BCUT2D eigenvalue weighted by atomic mass is 10.0. The monoisotopic (exact) mass is 407 g/mol. The van der Waals surface area contributed by atoms with Crippen molar-refractivity contribution >= 4 is 29.1 Å². The molecule has 29 heavy (non-hydrogen) atoms. The molecule has 0 unspecified atom stereocenters. The molecule has 0 aliphatic rings. The second-order valence-corrected chi connectivity index (χ2v) is 7.34. The molecule has 0 saturated carbocycles. The zero-order valence-corrected chi connectivity index (χ0v) is 16.7. The Bertz CT molecular complexity index is 1210. The molecule has 3 heterocycles. The first-order valence-electron chi connectivity index (χ1n) is 8.92. The molecule has 0 bridgehead atoms. The predicted octanol–water partition coefficient (Wildman–Crippen LogP) is 4.21. The van der Waals surface area contributed by atoms with Gasteiger partial charge in [-0.2, -0.15) is 16.9 Å². The van der Waals surface area contributed by atoms with Crippen LogP contribution >= 0.6 is 11.8 Å². The number of nitrogens with one attached hydrogen (secondary N) is 1. The summed E-state index contributed by atoms with van der Waals surface area (Å²) in [6.07, 6.45) is 5.18. The lowest BCUT2D eigenvalue weighted by Gasteiger charge is -2.08. The third kappa shape index (κ3) is 3.84. The van der Waals surface area contributed by atoms with Crippen LogP contribution in [0, 0.1) is 12.7 Å². The van der Waals surface area contributed by atoms with Gasteiger partial charge in [-0.3, -0.25) is 4.79 Å². The minimum Gasteiger partial charge on any atom is -0.310 e. The summed E-state index contributed by atoms with van der Waals surface area (Å²) >= 11 is 1.44. The summed E-state index contributed by atoms with van der Waals surface area (Å²) in [5, 5.41) is 7.23. The van der Waals surface area contributed by atoms with Crippen LogP contribution in [0.1, 0.15) is 5.56 Å². The van der Waals surface area contributed by atoms with E-state index in [1.165, 1.54) is 17.8 Å². The highest BCUT2D eigenvalue weighted by atomic mass is 32.2. The van der Waals surface area contributed by atoms with E-state index in [4.69, 9.17) is 4.98 Å². The SMILES string of the molecule is CSCC(=O)Nc1cc(-c2c(-c3ccc(F)c(C)c3)nc3cccnn23)ccn1. The molecule has 1 amide bonds. The van der Waals surface area contributed by atoms with E-state index in [9.17, 15) is 9.18 Å². The number of hydrogen-bond acceptors (Lipinski definition) is 5. The van der Waals surface area contributed by atoms with Crippen LogP contribution in [0.25, 0.3) is 28.2 Å². The number of halogens is 1. The Morgan fingerprint density at radius 1 is 1.17 bits per heavy atom. The van der Waals surface area contributed by atoms with Gasteiger partial charge in [0.05, 0.1) is 11.4 Å². The normalized spacial score (nSPS) is 11.0. The van der Waals surface area contributed by atoms with E-state index in [2.05, 4.69) is 15.4 Å². The summed E-state index contributed by atoms with van der Waals surface area (Å²) in [5.74, 6) is 0.421. The first-order valence-corrected chi connectivity index (χ1v) is 10.3. The minimum atomic E-state index is -0.264. The fraction of sp³-hybridized carbons (Fsp3) is 0.143. The van der Waals surface area contributed by atoms with Crippen LogP contribution < -0.4 is 5.32 Å². The number of thioether (sulfide) groups is 1. The van der Waals surface area contributed by atoms with Crippen LogP contribution in [0.3, 0.4) is 0 Å². The highest BCUT2D eigenvalue weighted by Gasteiger charge is 2.18. The van der Waals surface area contributed by atoms with E-state index in [-0.39, 0.29) is 11.7 Å². The van der Waals surface area contributed by atoms with Crippen LogP contribution in [-0.4, -0.2) is 37.5 Å². The summed E-state index contributed by atoms with van der Waals surface area (Å²) in [4.78, 5) is 20.9. The lowest BCUT2D eigenvalue weighted by Crippen LogP contribution is -2.14. The smallest absolute Gasteiger partial charge is 0.235 e. The van der Waals surface area contributed by atoms with Crippen molar-refractivity contribution in [3.63, 3.8) is 0 Å². The van der Waals surface area contributed by atoms with Gasteiger partial charge in [0.1, 0.15) is 17.3 Å². The summed E-state index contributed by atoms with van der Waals surface area (Å²) in [6, 6.07) is 12.2. The summed E-state index contributed by atoms with van der Waals surface area (Å²) < 4.78 is 15.5. The Balaban J connectivity index is 1.87. The van der Waals surface area contributed by atoms with Crippen LogP contribution in [0.4, 0.5) is 10.2 Å². The number of fused-ring (bicyclic) bond motifs is 1. The Hall–Kier alpha value is -3.26. The standard InChI is InChI=1S/C21H18FN5OS/c1-13-10-14(5-6-16(13)22)20-21(27-18(26-20)4-3-8-24-27)15-7-9-23-17(11-15)25-19(28)12-29-2/h3-11H,12H2,1-2H3,(H,23,25,28). The van der Waals surface area contributed by atoms with Gasteiger partial charge in [-0.25, -0.2) is 18.9 Å². The maximum atomic E-state index is 13.8. The van der Waals surface area contributed by atoms with Gasteiger partial charge in [0, 0.05) is 23.5 Å². The van der Waals surface area contributed by atoms with Gasteiger partial charge >= 0.3 is 0 Å². The molecular formula is C21H18FN5OS. The molecule has 0 spiro atoms. The predicted molar refractivity (Wildman–Crippen MR) is 113 cm³/mol. The average Bonchev–Trinajstić information content (AvgIpc) is 3.10. The largest absolute Gasteiger partial charge is 0.310 e. The van der Waals surface area contributed by atoms with Gasteiger partial charge in [-0.05, 0) is 61.2 Å². The molecule has 4 rings (SSSR count). The molecule has 1 aromatic carbocycles. The number of rotatable bonds is 5. The van der Waals surface area contributed by atoms with Crippen molar-refractivity contribution in [2.24, 2.45) is 0 Å². The summed E-state index contributed by atoms with van der Waals surface area (Å²) in [7, 11) is 0. The topological polar surface area (TPSA) is 72.2 Å². The molecule has 0 saturated heterocycles. The van der Waals surface area contributed by atoms with E-state index >= 15 is 0 Å². The Morgan fingerprint density at radius 2 is 2.03 bits per heavy atom. The van der Waals surface area contributed by atoms with Crippen molar-refractivity contribution in [3.05, 3.63) is 66.2 Å². The number of aromatic nitrogens is 4. The molecule has 0 aliphatic heterocycles. The van der Waals surface area contributed by atoms with E-state index in [1.807, 2.05) is 24.5 Å². The van der Waals surface area contributed by atoms with Gasteiger partial charge < -0.3 is 5.32 Å². The number of aryl methyl sites for hydroxylation is 1. The number of nitrogens with zero attached hydrogens (tertiary/aromatic N) is 4. The lowest BCUT2D eigenvalue weighted by molar-refractivity contribution is -0.113. The van der Waals surface area contributed by atoms with Gasteiger partial charge in [0.25, 0.3) is 0 Å². The van der Waals surface area contributed by atoms with Crippen molar-refractivity contribution < 1.29 is 9.18 Å². The fourth-order valence-electron chi connectivity index (χ4n) is 3.10. The molecule has 3 aromatic heterocycles. The Kier molecular flexibility index (Phi) is 5.26. The van der Waals surface area contributed by atoms with Crippen molar-refractivity contribution in [1.82, 2.24) is 19.6 Å². The molecule has 4 aromatic rings. The second-order valence-electron chi connectivity index (χ2n) is 6.48. The summed E-state index contributed by atoms with van der Waals surface area (Å²) in [5.41, 5.74) is 4.22. The maximum Gasteiger partial charge on any atom is 0.235 e. The Morgan fingerprint density at radius 3 is 2.83 bits per heavy atom. The molecule has 0 fully saturated rings. The van der Waals surface area contributed by atoms with Crippen LogP contribution in [-0.2, 0) is 4.79 Å². The van der Waals surface area contributed by atoms with Crippen molar-refractivity contribution in [1.29, 1.82) is 0 Å². The van der Waals surface area contributed by atoms with Crippen molar-refractivity contribution in [2.75, 3.05) is 17.3 Å². The van der Waals surface area contributed by atoms with Crippen LogP contribution in [0.15, 0.2) is 54.9 Å². The highest BCUT2D eigenvalue weighted by Crippen LogP contribution is 2.33. The minimum absolute atomic E-state index is 0.118. The molecule has 0 aliphatic carbocycles. The van der Waals surface area contributed by atoms with Gasteiger partial charge in [0.2, 0.25) is 5.91 Å². The number of benzene rings is 1. The van der Waals surface area contributed by atoms with Crippen molar-refractivity contribution in [2.45, 2.75) is 6.92 Å². The number of carbonyl (C=O) groups is 1. The van der Waals surface area contributed by atoms with E-state index in [1.54, 1.807) is 42.0 Å². The number of imidazole rings is 1. The average molecular weight is 407 g/mol. The van der Waals surface area contributed by atoms with Gasteiger partial charge in [-0.15, -0.1) is 0 Å². The first kappa shape index (κ1) is 19.1. The van der Waals surface area contributed by atoms with Gasteiger partial charge in [0.15, 0.2) is 5.65 Å². The van der Waals surface area contributed by atoms with Gasteiger partial charge in [-0.1, -0.05) is 0 Å². The molecule has 146 valence electrons. The fourth-order valence-corrected chi connectivity index (χ4v) is 3.43. The van der Waals surface area contributed by atoms with E-state index in [0.29, 0.717) is 28.5 Å². The molecule has 0 atom stereocenters. The third-order valence-corrected chi connectivity index (χ3v) is 4.95. The highest BCUT2D eigenvalue weighted by molar-refractivity contribution is 7.99. The molecular weight excluding hydrogens is 389 g/mol. The number of hydrogen-bond donors (Lipinski definition) is 1. The molecule has 0 radical (unpaired) electrons. The first-order chi connectivity index (χ1) is 14.1. The molecule has 1 N–H and O–H groups in total. The number of anilines is 1. The zero-order chi connectivity index (χ0) is 20.4. The van der Waals surface area contributed by atoms with E-state index < -0.39 is 0 Å². The molecule has 6 nitrogen and oxygen atoms in total. The Labute approximate surface area is 171 Å².